The second-order valence-electron chi connectivity index (χ2n) is 6.16. The first-order valence-corrected chi connectivity index (χ1v) is 7.78. The van der Waals surface area contributed by atoms with Crippen molar-refractivity contribution in [3.05, 3.63) is 34.9 Å². The van der Waals surface area contributed by atoms with E-state index in [1.54, 1.807) is 11.1 Å². The van der Waals surface area contributed by atoms with Gasteiger partial charge < -0.3 is 0 Å². The predicted octanol–water partition coefficient (Wildman–Crippen LogP) is 5.77. The lowest BCUT2D eigenvalue weighted by atomic mass is 9.83. The molecule has 2 unspecified atom stereocenters. The normalized spacial score (nSPS) is 24.8. The molecule has 1 saturated carbocycles. The van der Waals surface area contributed by atoms with Crippen molar-refractivity contribution in [3.8, 4) is 0 Å². The van der Waals surface area contributed by atoms with Gasteiger partial charge in [-0.05, 0) is 55.2 Å². The van der Waals surface area contributed by atoms with Crippen LogP contribution in [0.5, 0.6) is 0 Å². The van der Waals surface area contributed by atoms with Crippen LogP contribution in [0.4, 0.5) is 0 Å². The fourth-order valence-corrected chi connectivity index (χ4v) is 3.63. The van der Waals surface area contributed by atoms with Crippen molar-refractivity contribution in [3.63, 3.8) is 0 Å². The Labute approximate surface area is 113 Å². The van der Waals surface area contributed by atoms with Gasteiger partial charge in [0.1, 0.15) is 0 Å². The Morgan fingerprint density at radius 3 is 2.67 bits per heavy atom. The quantitative estimate of drug-likeness (QED) is 0.592. The van der Waals surface area contributed by atoms with Crippen LogP contribution < -0.4 is 0 Å². The van der Waals surface area contributed by atoms with E-state index in [4.69, 9.17) is 0 Å². The summed E-state index contributed by atoms with van der Waals surface area (Å²) in [7, 11) is 0. The van der Waals surface area contributed by atoms with Crippen LogP contribution in [-0.2, 0) is 0 Å². The Hall–Kier alpha value is -0.780. The first-order valence-electron chi connectivity index (χ1n) is 7.78. The maximum atomic E-state index is 2.38. The molecule has 0 aliphatic heterocycles. The van der Waals surface area contributed by atoms with Gasteiger partial charge in [0.05, 0.1) is 0 Å². The van der Waals surface area contributed by atoms with E-state index in [2.05, 4.69) is 39.0 Å². The summed E-state index contributed by atoms with van der Waals surface area (Å²) in [6.45, 7) is 6.89. The van der Waals surface area contributed by atoms with Crippen LogP contribution in [0.2, 0.25) is 0 Å². The van der Waals surface area contributed by atoms with E-state index < -0.39 is 0 Å². The molecule has 1 aliphatic rings. The van der Waals surface area contributed by atoms with Gasteiger partial charge >= 0.3 is 0 Å². The molecule has 0 N–H and O–H groups in total. The molecule has 1 fully saturated rings. The molecule has 2 rings (SSSR count). The average Bonchev–Trinajstić information content (AvgIpc) is 2.59. The Morgan fingerprint density at radius 1 is 1.11 bits per heavy atom. The summed E-state index contributed by atoms with van der Waals surface area (Å²) in [5, 5.41) is 0. The Balaban J connectivity index is 2.17. The van der Waals surface area contributed by atoms with Gasteiger partial charge in [-0.25, -0.2) is 0 Å². The number of hydrogen-bond acceptors (Lipinski definition) is 0. The topological polar surface area (TPSA) is 0 Å². The van der Waals surface area contributed by atoms with Gasteiger partial charge in [-0.3, -0.25) is 0 Å². The standard InChI is InChI=1S/C18H28/c1-4-8-16-10-5-6-11-17(13-16)18-12-7-9-14(2)15(18)3/h7,9,12,16-17H,4-6,8,10-11,13H2,1-3H3. The van der Waals surface area contributed by atoms with Crippen molar-refractivity contribution >= 4 is 0 Å². The van der Waals surface area contributed by atoms with Crippen molar-refractivity contribution in [1.29, 1.82) is 0 Å². The minimum absolute atomic E-state index is 0.823. The summed E-state index contributed by atoms with van der Waals surface area (Å²) in [5.74, 6) is 1.80. The maximum Gasteiger partial charge on any atom is -0.0157 e. The molecule has 0 nitrogen and oxygen atoms in total. The minimum atomic E-state index is 0.823. The lowest BCUT2D eigenvalue weighted by Crippen LogP contribution is -2.07. The number of hydrogen-bond donors (Lipinski definition) is 0. The van der Waals surface area contributed by atoms with Crippen LogP contribution in [0.15, 0.2) is 18.2 Å². The monoisotopic (exact) mass is 244 g/mol. The third kappa shape index (κ3) is 3.16. The van der Waals surface area contributed by atoms with Crippen LogP contribution >= 0.6 is 0 Å². The van der Waals surface area contributed by atoms with Crippen molar-refractivity contribution < 1.29 is 0 Å². The Morgan fingerprint density at radius 2 is 1.89 bits per heavy atom. The SMILES string of the molecule is CCCC1CCCCC(c2cccc(C)c2C)C1. The number of benzene rings is 1. The second-order valence-corrected chi connectivity index (χ2v) is 6.16. The molecule has 0 spiro atoms. The highest BCUT2D eigenvalue weighted by Gasteiger charge is 2.22. The summed E-state index contributed by atoms with van der Waals surface area (Å²) < 4.78 is 0. The van der Waals surface area contributed by atoms with E-state index in [0.717, 1.165) is 11.8 Å². The molecule has 2 atom stereocenters. The molecule has 18 heavy (non-hydrogen) atoms. The molecule has 0 amide bonds. The van der Waals surface area contributed by atoms with Gasteiger partial charge in [-0.2, -0.15) is 0 Å². The summed E-state index contributed by atoms with van der Waals surface area (Å²) in [5.41, 5.74) is 4.64. The summed E-state index contributed by atoms with van der Waals surface area (Å²) in [4.78, 5) is 0. The molecule has 0 aromatic heterocycles. The van der Waals surface area contributed by atoms with E-state index in [1.807, 2.05) is 0 Å². The van der Waals surface area contributed by atoms with Crippen molar-refractivity contribution in [2.75, 3.05) is 0 Å². The first kappa shape index (κ1) is 13.6. The zero-order valence-electron chi connectivity index (χ0n) is 12.3. The minimum Gasteiger partial charge on any atom is -0.0654 e. The molecular weight excluding hydrogens is 216 g/mol. The highest BCUT2D eigenvalue weighted by Crippen LogP contribution is 2.38. The molecule has 100 valence electrons. The van der Waals surface area contributed by atoms with E-state index in [-0.39, 0.29) is 0 Å². The van der Waals surface area contributed by atoms with E-state index in [9.17, 15) is 0 Å². The van der Waals surface area contributed by atoms with Crippen LogP contribution in [0.1, 0.15) is 74.5 Å². The fourth-order valence-electron chi connectivity index (χ4n) is 3.63. The second kappa shape index (κ2) is 6.41. The zero-order valence-corrected chi connectivity index (χ0v) is 12.3. The first-order chi connectivity index (χ1) is 8.72. The largest absolute Gasteiger partial charge is 0.0654 e. The van der Waals surface area contributed by atoms with Crippen LogP contribution in [0.3, 0.4) is 0 Å². The van der Waals surface area contributed by atoms with E-state index in [1.165, 1.54) is 50.5 Å². The zero-order chi connectivity index (χ0) is 13.0. The number of rotatable bonds is 3. The average molecular weight is 244 g/mol. The van der Waals surface area contributed by atoms with Crippen LogP contribution in [0.25, 0.3) is 0 Å². The van der Waals surface area contributed by atoms with Gasteiger partial charge in [0.25, 0.3) is 0 Å². The molecule has 0 heterocycles. The molecular formula is C18H28. The summed E-state index contributed by atoms with van der Waals surface area (Å²) >= 11 is 0. The van der Waals surface area contributed by atoms with Gasteiger partial charge in [-0.15, -0.1) is 0 Å². The molecule has 0 saturated heterocycles. The summed E-state index contributed by atoms with van der Waals surface area (Å²) in [6.07, 6.45) is 9.97. The Bertz CT molecular complexity index is 378. The predicted molar refractivity (Wildman–Crippen MR) is 80.1 cm³/mol. The molecule has 0 radical (unpaired) electrons. The molecule has 1 aromatic rings. The highest BCUT2D eigenvalue weighted by atomic mass is 14.3. The van der Waals surface area contributed by atoms with E-state index >= 15 is 0 Å². The summed E-state index contributed by atoms with van der Waals surface area (Å²) in [6, 6.07) is 6.87. The Kier molecular flexibility index (Phi) is 4.86. The van der Waals surface area contributed by atoms with Gasteiger partial charge in [-0.1, -0.05) is 57.2 Å². The van der Waals surface area contributed by atoms with Gasteiger partial charge in [0.2, 0.25) is 0 Å². The third-order valence-electron chi connectivity index (χ3n) is 4.82. The highest BCUT2D eigenvalue weighted by molar-refractivity contribution is 5.35. The van der Waals surface area contributed by atoms with Gasteiger partial charge in [0.15, 0.2) is 0 Å². The smallest absolute Gasteiger partial charge is 0.0157 e. The maximum absolute atomic E-state index is 2.38. The molecule has 1 aliphatic carbocycles. The van der Waals surface area contributed by atoms with Gasteiger partial charge in [0, 0.05) is 0 Å². The molecule has 1 aromatic carbocycles. The number of aryl methyl sites for hydroxylation is 1. The molecule has 0 bridgehead atoms. The van der Waals surface area contributed by atoms with Crippen molar-refractivity contribution in [2.24, 2.45) is 5.92 Å². The molecule has 0 heteroatoms. The van der Waals surface area contributed by atoms with Crippen LogP contribution in [-0.4, -0.2) is 0 Å². The lowest BCUT2D eigenvalue weighted by molar-refractivity contribution is 0.402. The van der Waals surface area contributed by atoms with Crippen molar-refractivity contribution in [1.82, 2.24) is 0 Å². The van der Waals surface area contributed by atoms with E-state index in [0.29, 0.717) is 0 Å². The fraction of sp³-hybridized carbons (Fsp3) is 0.667. The van der Waals surface area contributed by atoms with Crippen molar-refractivity contribution in [2.45, 2.75) is 71.6 Å². The lowest BCUT2D eigenvalue weighted by Gasteiger charge is -2.22. The third-order valence-corrected chi connectivity index (χ3v) is 4.82. The van der Waals surface area contributed by atoms with Crippen LogP contribution in [0, 0.1) is 19.8 Å².